The average Bonchev–Trinajstić information content (AvgIpc) is 3.48. The third kappa shape index (κ3) is 4.15. The Balaban J connectivity index is 1.48. The number of nitrogens with one attached hydrogen (secondary N) is 1. The van der Waals surface area contributed by atoms with Crippen LogP contribution in [-0.4, -0.2) is 36.6 Å². The molecule has 0 radical (unpaired) electrons. The lowest BCUT2D eigenvalue weighted by atomic mass is 10.4. The summed E-state index contributed by atoms with van der Waals surface area (Å²) in [6, 6.07) is 7.28. The second kappa shape index (κ2) is 8.40. The molecule has 4 heterocycles. The molecule has 0 unspecified atom stereocenters. The van der Waals surface area contributed by atoms with Gasteiger partial charge in [-0.25, -0.2) is 0 Å². The summed E-state index contributed by atoms with van der Waals surface area (Å²) in [5, 5.41) is 21.1. The van der Waals surface area contributed by atoms with Gasteiger partial charge in [-0.1, -0.05) is 30.0 Å². The molecule has 9 nitrogen and oxygen atoms in total. The first-order valence-corrected chi connectivity index (χ1v) is 10.3. The second-order valence-electron chi connectivity index (χ2n) is 5.64. The third-order valence-electron chi connectivity index (χ3n) is 3.70. The molecule has 11 heteroatoms. The summed E-state index contributed by atoms with van der Waals surface area (Å²) < 4.78 is 12.8. The Morgan fingerprint density at radius 2 is 2.04 bits per heavy atom. The predicted molar refractivity (Wildman–Crippen MR) is 104 cm³/mol. The second-order valence-corrected chi connectivity index (χ2v) is 7.64. The smallest absolute Gasteiger partial charge is 0.236 e. The van der Waals surface area contributed by atoms with Crippen molar-refractivity contribution in [3.8, 4) is 11.6 Å². The molecular weight excluding hydrogens is 400 g/mol. The van der Waals surface area contributed by atoms with Crippen molar-refractivity contribution in [3.05, 3.63) is 47.6 Å². The first kappa shape index (κ1) is 18.4. The molecule has 144 valence electrons. The molecule has 0 aromatic carbocycles. The number of amides is 1. The first-order chi connectivity index (χ1) is 13.7. The van der Waals surface area contributed by atoms with Crippen molar-refractivity contribution in [1.29, 1.82) is 0 Å². The zero-order valence-electron chi connectivity index (χ0n) is 14.9. The highest BCUT2D eigenvalue weighted by molar-refractivity contribution is 7.99. The molecule has 0 bridgehead atoms. The molecule has 0 saturated heterocycles. The summed E-state index contributed by atoms with van der Waals surface area (Å²) in [5.74, 6) is 1.89. The number of carbonyl (C=O) groups excluding carboxylic acids is 1. The Kier molecular flexibility index (Phi) is 5.53. The maximum atomic E-state index is 12.3. The fourth-order valence-electron chi connectivity index (χ4n) is 2.42. The van der Waals surface area contributed by atoms with Crippen LogP contribution in [0.1, 0.15) is 17.7 Å². The summed E-state index contributed by atoms with van der Waals surface area (Å²) in [5.41, 5.74) is 0. The summed E-state index contributed by atoms with van der Waals surface area (Å²) in [4.78, 5) is 12.3. The van der Waals surface area contributed by atoms with E-state index in [1.54, 1.807) is 18.6 Å². The van der Waals surface area contributed by atoms with Gasteiger partial charge in [-0.3, -0.25) is 14.7 Å². The standard InChI is InChI=1S/C17H16N6O3S2/c1-2-14-19-21-16(28-14)18-13(24)10-27-17-22-20-15(12-6-4-8-26-12)23(17)9-11-5-3-7-25-11/h3-8H,2,9-10H2,1H3,(H,18,21,24). The monoisotopic (exact) mass is 416 g/mol. The van der Waals surface area contributed by atoms with Crippen molar-refractivity contribution in [2.24, 2.45) is 0 Å². The molecule has 28 heavy (non-hydrogen) atoms. The van der Waals surface area contributed by atoms with Gasteiger partial charge in [0.2, 0.25) is 16.9 Å². The van der Waals surface area contributed by atoms with Crippen molar-refractivity contribution in [2.75, 3.05) is 11.1 Å². The number of carbonyl (C=O) groups is 1. The van der Waals surface area contributed by atoms with Crippen LogP contribution < -0.4 is 5.32 Å². The Labute approximate surface area is 168 Å². The topological polar surface area (TPSA) is 112 Å². The van der Waals surface area contributed by atoms with Crippen LogP contribution in [0.25, 0.3) is 11.6 Å². The lowest BCUT2D eigenvalue weighted by molar-refractivity contribution is -0.113. The van der Waals surface area contributed by atoms with E-state index in [1.165, 1.54) is 23.1 Å². The van der Waals surface area contributed by atoms with Gasteiger partial charge in [-0.2, -0.15) is 0 Å². The van der Waals surface area contributed by atoms with Crippen molar-refractivity contribution < 1.29 is 13.6 Å². The van der Waals surface area contributed by atoms with E-state index in [9.17, 15) is 4.79 Å². The van der Waals surface area contributed by atoms with Crippen LogP contribution in [-0.2, 0) is 17.8 Å². The first-order valence-electron chi connectivity index (χ1n) is 8.47. The number of hydrogen-bond donors (Lipinski definition) is 1. The van der Waals surface area contributed by atoms with E-state index in [0.717, 1.165) is 17.2 Å². The molecule has 4 rings (SSSR count). The van der Waals surface area contributed by atoms with Crippen LogP contribution in [0.3, 0.4) is 0 Å². The maximum Gasteiger partial charge on any atom is 0.236 e. The van der Waals surface area contributed by atoms with Gasteiger partial charge >= 0.3 is 0 Å². The number of rotatable bonds is 8. The number of nitrogens with zero attached hydrogens (tertiary/aromatic N) is 5. The van der Waals surface area contributed by atoms with Gasteiger partial charge in [0.25, 0.3) is 0 Å². The fraction of sp³-hybridized carbons (Fsp3) is 0.235. The molecule has 4 aromatic heterocycles. The van der Waals surface area contributed by atoms with E-state index >= 15 is 0 Å². The third-order valence-corrected chi connectivity index (χ3v) is 5.65. The van der Waals surface area contributed by atoms with E-state index in [4.69, 9.17) is 8.83 Å². The highest BCUT2D eigenvalue weighted by Gasteiger charge is 2.19. The van der Waals surface area contributed by atoms with Crippen molar-refractivity contribution in [1.82, 2.24) is 25.0 Å². The molecule has 0 aliphatic heterocycles. The van der Waals surface area contributed by atoms with Crippen molar-refractivity contribution >= 4 is 34.1 Å². The SMILES string of the molecule is CCc1nnc(NC(=O)CSc2nnc(-c3ccco3)n2Cc2ccco2)s1. The molecule has 0 fully saturated rings. The van der Waals surface area contributed by atoms with E-state index in [-0.39, 0.29) is 11.7 Å². The summed E-state index contributed by atoms with van der Waals surface area (Å²) in [6.45, 7) is 2.42. The number of anilines is 1. The molecule has 0 spiro atoms. The summed E-state index contributed by atoms with van der Waals surface area (Å²) in [6.07, 6.45) is 3.97. The van der Waals surface area contributed by atoms with Gasteiger partial charge < -0.3 is 8.83 Å². The molecule has 1 amide bonds. The highest BCUT2D eigenvalue weighted by Crippen LogP contribution is 2.26. The fourth-order valence-corrected chi connectivity index (χ4v) is 3.85. The Bertz CT molecular complexity index is 1040. The van der Waals surface area contributed by atoms with Crippen molar-refractivity contribution in [2.45, 2.75) is 25.0 Å². The largest absolute Gasteiger partial charge is 0.467 e. The Morgan fingerprint density at radius 1 is 1.18 bits per heavy atom. The number of furan rings is 2. The normalized spacial score (nSPS) is 11.0. The lowest BCUT2D eigenvalue weighted by Gasteiger charge is -2.07. The van der Waals surface area contributed by atoms with E-state index < -0.39 is 0 Å². The Morgan fingerprint density at radius 3 is 2.75 bits per heavy atom. The zero-order chi connectivity index (χ0) is 19.3. The van der Waals surface area contributed by atoms with E-state index in [2.05, 4.69) is 25.7 Å². The number of aryl methyl sites for hydroxylation is 1. The van der Waals surface area contributed by atoms with Crippen molar-refractivity contribution in [3.63, 3.8) is 0 Å². The minimum Gasteiger partial charge on any atom is -0.467 e. The summed E-state index contributed by atoms with van der Waals surface area (Å²) >= 11 is 2.65. The van der Waals surface area contributed by atoms with Crippen LogP contribution in [0.2, 0.25) is 0 Å². The van der Waals surface area contributed by atoms with Gasteiger partial charge in [-0.15, -0.1) is 20.4 Å². The van der Waals surface area contributed by atoms with Gasteiger partial charge in [0.15, 0.2) is 10.9 Å². The van der Waals surface area contributed by atoms with Crippen LogP contribution >= 0.6 is 23.1 Å². The Hall–Kier alpha value is -2.92. The van der Waals surface area contributed by atoms with Crippen LogP contribution in [0.5, 0.6) is 0 Å². The van der Waals surface area contributed by atoms with Crippen LogP contribution in [0.15, 0.2) is 50.8 Å². The number of thioether (sulfide) groups is 1. The maximum absolute atomic E-state index is 12.3. The summed E-state index contributed by atoms with van der Waals surface area (Å²) in [7, 11) is 0. The van der Waals surface area contributed by atoms with Gasteiger partial charge in [0.05, 0.1) is 24.8 Å². The molecule has 0 saturated carbocycles. The molecule has 0 aliphatic carbocycles. The van der Waals surface area contributed by atoms with Gasteiger partial charge in [0.1, 0.15) is 10.8 Å². The predicted octanol–water partition coefficient (Wildman–Crippen LogP) is 3.32. The number of aromatic nitrogens is 5. The van der Waals surface area contributed by atoms with E-state index in [0.29, 0.717) is 28.4 Å². The zero-order valence-corrected chi connectivity index (χ0v) is 16.5. The lowest BCUT2D eigenvalue weighted by Crippen LogP contribution is -2.14. The van der Waals surface area contributed by atoms with Gasteiger partial charge in [-0.05, 0) is 30.7 Å². The van der Waals surface area contributed by atoms with Crippen LogP contribution in [0, 0.1) is 0 Å². The quantitative estimate of drug-likeness (QED) is 0.435. The van der Waals surface area contributed by atoms with E-state index in [1.807, 2.05) is 29.7 Å². The minimum atomic E-state index is -0.184. The van der Waals surface area contributed by atoms with Crippen LogP contribution in [0.4, 0.5) is 5.13 Å². The average molecular weight is 416 g/mol. The molecular formula is C17H16N6O3S2. The molecule has 0 atom stereocenters. The van der Waals surface area contributed by atoms with Gasteiger partial charge in [0, 0.05) is 0 Å². The number of hydrogen-bond acceptors (Lipinski definition) is 9. The molecule has 4 aromatic rings. The molecule has 1 N–H and O–H groups in total. The highest BCUT2D eigenvalue weighted by atomic mass is 32.2. The molecule has 0 aliphatic rings. The minimum absolute atomic E-state index is 0.162.